The molecule has 0 N–H and O–H groups in total. The highest BCUT2D eigenvalue weighted by atomic mass is 35.5. The van der Waals surface area contributed by atoms with Crippen LogP contribution in [0.4, 0.5) is 0 Å². The molecule has 2 heterocycles. The van der Waals surface area contributed by atoms with E-state index in [1.165, 1.54) is 25.4 Å². The molecule has 1 saturated carbocycles. The zero-order valence-corrected chi connectivity index (χ0v) is 24.7. The minimum absolute atomic E-state index is 0.0416. The molecule has 10 heteroatoms. The standard InChI is InChI=1S/C29H36Cl2O7S/c1-18(32)36-16-19-12-20(30)14-21(13-19)37-17-24-23(7-5-6-22-9-10-27(39-22)29(33)34-2)25(31)15-26(24)38-28-8-3-4-11-35-28/h9-10,12-14,23-26,28H,3-8,11,15-17H2,1-2H3/t23-,24-,25-,26-,28?/m1/s1. The second kappa shape index (κ2) is 14.7. The first-order chi connectivity index (χ1) is 18.8. The number of esters is 2. The highest BCUT2D eigenvalue weighted by molar-refractivity contribution is 7.13. The molecule has 4 rings (SSSR count). The summed E-state index contributed by atoms with van der Waals surface area (Å²) in [5, 5.41) is 0.471. The van der Waals surface area contributed by atoms with E-state index in [4.69, 9.17) is 46.9 Å². The molecule has 7 nitrogen and oxygen atoms in total. The van der Waals surface area contributed by atoms with Crippen LogP contribution in [0.25, 0.3) is 0 Å². The number of thiophene rings is 1. The second-order valence-corrected chi connectivity index (χ2v) is 12.3. The van der Waals surface area contributed by atoms with Crippen LogP contribution in [0.5, 0.6) is 5.75 Å². The maximum atomic E-state index is 11.8. The third-order valence-electron chi connectivity index (χ3n) is 7.24. The van der Waals surface area contributed by atoms with Gasteiger partial charge < -0.3 is 23.7 Å². The van der Waals surface area contributed by atoms with Crippen molar-refractivity contribution in [2.24, 2.45) is 11.8 Å². The molecule has 39 heavy (non-hydrogen) atoms. The molecular formula is C29H36Cl2O7S. The van der Waals surface area contributed by atoms with Crippen molar-refractivity contribution in [3.8, 4) is 5.75 Å². The van der Waals surface area contributed by atoms with E-state index in [-0.39, 0.29) is 48.2 Å². The van der Waals surface area contributed by atoms with Crippen molar-refractivity contribution < 1.29 is 33.3 Å². The van der Waals surface area contributed by atoms with Crippen LogP contribution in [0.2, 0.25) is 5.02 Å². The number of carbonyl (C=O) groups excluding carboxylic acids is 2. The van der Waals surface area contributed by atoms with Gasteiger partial charge in [-0.25, -0.2) is 4.79 Å². The Morgan fingerprint density at radius 1 is 1.15 bits per heavy atom. The molecule has 214 valence electrons. The highest BCUT2D eigenvalue weighted by Gasteiger charge is 2.44. The van der Waals surface area contributed by atoms with Crippen LogP contribution >= 0.6 is 34.5 Å². The Kier molecular flexibility index (Phi) is 11.3. The van der Waals surface area contributed by atoms with Crippen LogP contribution in [0.3, 0.4) is 0 Å². The molecule has 5 atom stereocenters. The predicted octanol–water partition coefficient (Wildman–Crippen LogP) is 6.81. The van der Waals surface area contributed by atoms with Crippen molar-refractivity contribution in [1.82, 2.24) is 0 Å². The van der Waals surface area contributed by atoms with Gasteiger partial charge in [0.25, 0.3) is 0 Å². The van der Waals surface area contributed by atoms with E-state index in [0.717, 1.165) is 55.4 Å². The van der Waals surface area contributed by atoms with Gasteiger partial charge in [-0.05, 0) is 86.8 Å². The Morgan fingerprint density at radius 2 is 2.00 bits per heavy atom. The van der Waals surface area contributed by atoms with Crippen molar-refractivity contribution in [2.75, 3.05) is 20.3 Å². The number of hydrogen-bond donors (Lipinski definition) is 0. The summed E-state index contributed by atoms with van der Waals surface area (Å²) in [6.07, 6.45) is 6.19. The Balaban J connectivity index is 1.41. The number of aryl methyl sites for hydroxylation is 1. The average Bonchev–Trinajstić information content (AvgIpc) is 3.50. The van der Waals surface area contributed by atoms with E-state index >= 15 is 0 Å². The molecule has 1 aliphatic heterocycles. The minimum Gasteiger partial charge on any atom is -0.493 e. The van der Waals surface area contributed by atoms with Gasteiger partial charge in [0.2, 0.25) is 0 Å². The van der Waals surface area contributed by atoms with Crippen molar-refractivity contribution >= 4 is 46.5 Å². The van der Waals surface area contributed by atoms with Gasteiger partial charge in [0.05, 0.1) is 19.8 Å². The van der Waals surface area contributed by atoms with Crippen molar-refractivity contribution in [3.05, 3.63) is 50.7 Å². The molecule has 0 bridgehead atoms. The van der Waals surface area contributed by atoms with E-state index in [0.29, 0.717) is 28.9 Å². The molecule has 2 aliphatic rings. The zero-order valence-electron chi connectivity index (χ0n) is 22.4. The van der Waals surface area contributed by atoms with E-state index in [1.54, 1.807) is 12.1 Å². The molecule has 0 radical (unpaired) electrons. The second-order valence-electron chi connectivity index (χ2n) is 10.1. The summed E-state index contributed by atoms with van der Waals surface area (Å²) < 4.78 is 28.5. The van der Waals surface area contributed by atoms with E-state index in [2.05, 4.69) is 0 Å². The first kappa shape index (κ1) is 30.1. The summed E-state index contributed by atoms with van der Waals surface area (Å²) in [5.74, 6) is 0.223. The van der Waals surface area contributed by atoms with Gasteiger partial charge >= 0.3 is 11.9 Å². The largest absolute Gasteiger partial charge is 0.493 e. The maximum absolute atomic E-state index is 11.8. The summed E-state index contributed by atoms with van der Waals surface area (Å²) >= 11 is 14.7. The molecule has 0 spiro atoms. The van der Waals surface area contributed by atoms with Crippen LogP contribution in [0.1, 0.15) is 65.6 Å². The molecule has 0 amide bonds. The number of halogens is 2. The SMILES string of the molecule is COC(=O)c1ccc(CCC[C@@H]2[C@@H](COc3cc(Cl)cc(COC(C)=O)c3)[C@H](OC3CCCCO3)C[C@H]2Cl)s1. The van der Waals surface area contributed by atoms with Crippen molar-refractivity contribution in [3.63, 3.8) is 0 Å². The number of ether oxygens (including phenoxy) is 5. The van der Waals surface area contributed by atoms with Crippen molar-refractivity contribution in [1.29, 1.82) is 0 Å². The van der Waals surface area contributed by atoms with Crippen LogP contribution in [0.15, 0.2) is 30.3 Å². The fraction of sp³-hybridized carbons (Fsp3) is 0.586. The molecular weight excluding hydrogens is 563 g/mol. The average molecular weight is 600 g/mol. The lowest BCUT2D eigenvalue weighted by atomic mass is 9.90. The van der Waals surface area contributed by atoms with Gasteiger partial charge in [-0.15, -0.1) is 22.9 Å². The Hall–Kier alpha value is -1.84. The zero-order chi connectivity index (χ0) is 27.8. The van der Waals surface area contributed by atoms with Crippen LogP contribution in [-0.2, 0) is 36.8 Å². The molecule has 2 aromatic rings. The van der Waals surface area contributed by atoms with Gasteiger partial charge in [0.15, 0.2) is 6.29 Å². The quantitative estimate of drug-likeness (QED) is 0.196. The smallest absolute Gasteiger partial charge is 0.348 e. The Labute approximate surface area is 244 Å². The molecule has 1 aliphatic carbocycles. The maximum Gasteiger partial charge on any atom is 0.348 e. The third kappa shape index (κ3) is 8.82. The lowest BCUT2D eigenvalue weighted by molar-refractivity contribution is -0.197. The molecule has 1 aromatic carbocycles. The van der Waals surface area contributed by atoms with E-state index in [9.17, 15) is 9.59 Å². The fourth-order valence-corrected chi connectivity index (χ4v) is 7.01. The highest BCUT2D eigenvalue weighted by Crippen LogP contribution is 2.42. The summed E-state index contributed by atoms with van der Waals surface area (Å²) in [6, 6.07) is 9.16. The van der Waals surface area contributed by atoms with Gasteiger partial charge in [0.1, 0.15) is 17.2 Å². The molecule has 1 aromatic heterocycles. The van der Waals surface area contributed by atoms with Crippen molar-refractivity contribution in [2.45, 2.75) is 76.2 Å². The number of benzene rings is 1. The van der Waals surface area contributed by atoms with Gasteiger partial charge in [-0.2, -0.15) is 0 Å². The third-order valence-corrected chi connectivity index (χ3v) is 9.08. The van der Waals surface area contributed by atoms with Crippen LogP contribution < -0.4 is 4.74 Å². The molecule has 1 saturated heterocycles. The summed E-state index contributed by atoms with van der Waals surface area (Å²) in [7, 11) is 1.39. The Morgan fingerprint density at radius 3 is 2.74 bits per heavy atom. The number of methoxy groups -OCH3 is 1. The summed E-state index contributed by atoms with van der Waals surface area (Å²) in [6.45, 7) is 2.64. The minimum atomic E-state index is -0.353. The normalized spacial score (nSPS) is 24.9. The molecule has 2 fully saturated rings. The number of hydrogen-bond acceptors (Lipinski definition) is 8. The first-order valence-corrected chi connectivity index (χ1v) is 15.1. The van der Waals surface area contributed by atoms with E-state index < -0.39 is 0 Å². The lowest BCUT2D eigenvalue weighted by Gasteiger charge is -2.30. The number of alkyl halides is 1. The van der Waals surface area contributed by atoms with Gasteiger partial charge in [-0.1, -0.05) is 11.6 Å². The molecule has 1 unspecified atom stereocenters. The fourth-order valence-electron chi connectivity index (χ4n) is 5.31. The van der Waals surface area contributed by atoms with Crippen LogP contribution in [0, 0.1) is 11.8 Å². The monoisotopic (exact) mass is 598 g/mol. The summed E-state index contributed by atoms with van der Waals surface area (Å²) in [4.78, 5) is 24.8. The number of rotatable bonds is 12. The number of carbonyl (C=O) groups is 2. The Bertz CT molecular complexity index is 1100. The van der Waals surface area contributed by atoms with Gasteiger partial charge in [-0.3, -0.25) is 4.79 Å². The topological polar surface area (TPSA) is 80.3 Å². The summed E-state index contributed by atoms with van der Waals surface area (Å²) in [5.41, 5.74) is 0.761. The van der Waals surface area contributed by atoms with E-state index in [1.807, 2.05) is 18.2 Å². The van der Waals surface area contributed by atoms with Crippen LogP contribution in [-0.4, -0.2) is 50.0 Å². The van der Waals surface area contributed by atoms with Gasteiger partial charge in [0, 0.05) is 34.7 Å². The first-order valence-electron chi connectivity index (χ1n) is 13.5. The lowest BCUT2D eigenvalue weighted by Crippen LogP contribution is -2.34. The predicted molar refractivity (Wildman–Crippen MR) is 151 cm³/mol.